The summed E-state index contributed by atoms with van der Waals surface area (Å²) in [6.45, 7) is 4.41. The number of pyridine rings is 1. The Morgan fingerprint density at radius 1 is 1.07 bits per heavy atom. The number of aryl methyl sites for hydroxylation is 1. The summed E-state index contributed by atoms with van der Waals surface area (Å²) in [5.74, 6) is 0.252. The molecule has 138 valence electrons. The number of aromatic nitrogens is 1. The molecular weight excluding hydrogens is 362 g/mol. The molecule has 1 aliphatic rings. The van der Waals surface area contributed by atoms with E-state index >= 15 is 0 Å². The van der Waals surface area contributed by atoms with Gasteiger partial charge in [-0.2, -0.15) is 0 Å². The first-order valence-corrected chi connectivity index (χ1v) is 9.30. The Kier molecular flexibility index (Phi) is 4.62. The number of rotatable bonds is 2. The van der Waals surface area contributed by atoms with Crippen molar-refractivity contribution in [1.29, 1.82) is 0 Å². The van der Waals surface area contributed by atoms with Gasteiger partial charge >= 0.3 is 0 Å². The lowest BCUT2D eigenvalue weighted by atomic mass is 10.1. The number of halogens is 1. The van der Waals surface area contributed by atoms with E-state index in [1.807, 2.05) is 42.2 Å². The lowest BCUT2D eigenvalue weighted by Crippen LogP contribution is -2.49. The maximum atomic E-state index is 13.0. The fourth-order valence-corrected chi connectivity index (χ4v) is 3.69. The van der Waals surface area contributed by atoms with Crippen molar-refractivity contribution in [3.8, 4) is 5.75 Å². The van der Waals surface area contributed by atoms with Gasteiger partial charge in [-0.3, -0.25) is 9.78 Å². The quantitative estimate of drug-likeness (QED) is 0.732. The fraction of sp³-hybridized carbons (Fsp3) is 0.238. The summed E-state index contributed by atoms with van der Waals surface area (Å²) in [5, 5.41) is 11.5. The molecule has 0 radical (unpaired) electrons. The van der Waals surface area contributed by atoms with Gasteiger partial charge < -0.3 is 14.9 Å². The molecule has 4 rings (SSSR count). The van der Waals surface area contributed by atoms with E-state index in [1.54, 1.807) is 18.2 Å². The molecule has 1 aromatic heterocycles. The van der Waals surface area contributed by atoms with Crippen molar-refractivity contribution >= 4 is 34.1 Å². The van der Waals surface area contributed by atoms with Crippen molar-refractivity contribution in [3.05, 3.63) is 64.8 Å². The van der Waals surface area contributed by atoms with E-state index < -0.39 is 0 Å². The van der Waals surface area contributed by atoms with Crippen molar-refractivity contribution in [2.45, 2.75) is 6.92 Å². The highest BCUT2D eigenvalue weighted by atomic mass is 35.5. The average Bonchev–Trinajstić information content (AvgIpc) is 2.68. The molecular formula is C21H20ClN3O2. The van der Waals surface area contributed by atoms with Gasteiger partial charge in [0, 0.05) is 36.6 Å². The third-order valence-electron chi connectivity index (χ3n) is 4.99. The number of benzene rings is 2. The van der Waals surface area contributed by atoms with Gasteiger partial charge in [0.1, 0.15) is 5.75 Å². The highest BCUT2D eigenvalue weighted by Gasteiger charge is 2.25. The molecule has 1 fully saturated rings. The van der Waals surface area contributed by atoms with Crippen LogP contribution in [0.2, 0.25) is 5.02 Å². The minimum Gasteiger partial charge on any atom is -0.506 e. The molecule has 1 amide bonds. The molecule has 1 aliphatic heterocycles. The van der Waals surface area contributed by atoms with E-state index in [0.29, 0.717) is 36.8 Å². The van der Waals surface area contributed by atoms with E-state index in [1.165, 1.54) is 0 Å². The Morgan fingerprint density at radius 3 is 2.56 bits per heavy atom. The van der Waals surface area contributed by atoms with Gasteiger partial charge in [0.2, 0.25) is 0 Å². The van der Waals surface area contributed by atoms with Crippen LogP contribution in [-0.2, 0) is 0 Å². The zero-order chi connectivity index (χ0) is 19.0. The van der Waals surface area contributed by atoms with Crippen LogP contribution in [0.1, 0.15) is 16.1 Å². The lowest BCUT2D eigenvalue weighted by molar-refractivity contribution is 0.0745. The van der Waals surface area contributed by atoms with Gasteiger partial charge in [0.05, 0.1) is 22.5 Å². The molecule has 0 bridgehead atoms. The molecule has 0 saturated carbocycles. The Labute approximate surface area is 162 Å². The standard InChI is InChI=1S/C21H20ClN3O2/c1-14-17(13-15-12-16(22)6-7-18(15)23-14)21(27)25-10-8-24(9-11-25)19-4-2-3-5-20(19)26/h2-7,12-13,26H,8-11H2,1H3. The predicted molar refractivity (Wildman–Crippen MR) is 108 cm³/mol. The predicted octanol–water partition coefficient (Wildman–Crippen LogP) is 3.86. The van der Waals surface area contributed by atoms with Crippen LogP contribution in [0.15, 0.2) is 48.5 Å². The Morgan fingerprint density at radius 2 is 1.81 bits per heavy atom. The summed E-state index contributed by atoms with van der Waals surface area (Å²) in [7, 11) is 0. The topological polar surface area (TPSA) is 56.7 Å². The normalized spacial score (nSPS) is 14.6. The van der Waals surface area contributed by atoms with Crippen molar-refractivity contribution < 1.29 is 9.90 Å². The highest BCUT2D eigenvalue weighted by molar-refractivity contribution is 6.31. The second-order valence-electron chi connectivity index (χ2n) is 6.73. The lowest BCUT2D eigenvalue weighted by Gasteiger charge is -2.36. The summed E-state index contributed by atoms with van der Waals surface area (Å²) in [4.78, 5) is 21.5. The summed E-state index contributed by atoms with van der Waals surface area (Å²) in [5.41, 5.74) is 2.97. The van der Waals surface area contributed by atoms with Crippen LogP contribution in [0.5, 0.6) is 5.75 Å². The van der Waals surface area contributed by atoms with Gasteiger partial charge in [-0.25, -0.2) is 0 Å². The number of aromatic hydroxyl groups is 1. The van der Waals surface area contributed by atoms with Gasteiger partial charge in [-0.1, -0.05) is 23.7 Å². The van der Waals surface area contributed by atoms with Crippen molar-refractivity contribution in [2.75, 3.05) is 31.1 Å². The number of fused-ring (bicyclic) bond motifs is 1. The number of phenols is 1. The number of anilines is 1. The van der Waals surface area contributed by atoms with Crippen molar-refractivity contribution in [2.24, 2.45) is 0 Å². The molecule has 3 aromatic rings. The average molecular weight is 382 g/mol. The monoisotopic (exact) mass is 381 g/mol. The highest BCUT2D eigenvalue weighted by Crippen LogP contribution is 2.28. The van der Waals surface area contributed by atoms with Crippen molar-refractivity contribution in [1.82, 2.24) is 9.88 Å². The first-order chi connectivity index (χ1) is 13.0. The zero-order valence-corrected chi connectivity index (χ0v) is 15.8. The number of carbonyl (C=O) groups is 1. The van der Waals surface area contributed by atoms with Crippen LogP contribution in [-0.4, -0.2) is 47.1 Å². The second-order valence-corrected chi connectivity index (χ2v) is 7.16. The van der Waals surface area contributed by atoms with Gasteiger partial charge in [-0.15, -0.1) is 0 Å². The number of para-hydroxylation sites is 2. The van der Waals surface area contributed by atoms with E-state index in [4.69, 9.17) is 11.6 Å². The Hall–Kier alpha value is -2.79. The third-order valence-corrected chi connectivity index (χ3v) is 5.22. The van der Waals surface area contributed by atoms with Crippen LogP contribution < -0.4 is 4.90 Å². The maximum absolute atomic E-state index is 13.0. The molecule has 5 nitrogen and oxygen atoms in total. The SMILES string of the molecule is Cc1nc2ccc(Cl)cc2cc1C(=O)N1CCN(c2ccccc2O)CC1. The number of hydrogen-bond donors (Lipinski definition) is 1. The second kappa shape index (κ2) is 7.08. The molecule has 27 heavy (non-hydrogen) atoms. The number of piperazine rings is 1. The van der Waals surface area contributed by atoms with E-state index in [0.717, 1.165) is 22.3 Å². The van der Waals surface area contributed by atoms with E-state index in [2.05, 4.69) is 9.88 Å². The summed E-state index contributed by atoms with van der Waals surface area (Å²) in [6, 6.07) is 14.7. The van der Waals surface area contributed by atoms with Gasteiger partial charge in [0.25, 0.3) is 5.91 Å². The number of hydrogen-bond acceptors (Lipinski definition) is 4. The smallest absolute Gasteiger partial charge is 0.255 e. The largest absolute Gasteiger partial charge is 0.506 e. The molecule has 0 unspecified atom stereocenters. The van der Waals surface area contributed by atoms with E-state index in [-0.39, 0.29) is 11.7 Å². The number of nitrogens with zero attached hydrogens (tertiary/aromatic N) is 3. The molecule has 2 heterocycles. The molecule has 0 spiro atoms. The molecule has 1 N–H and O–H groups in total. The van der Waals surface area contributed by atoms with E-state index in [9.17, 15) is 9.90 Å². The number of phenolic OH excluding ortho intramolecular Hbond substituents is 1. The molecule has 0 aliphatic carbocycles. The number of carbonyl (C=O) groups excluding carboxylic acids is 1. The third kappa shape index (κ3) is 3.43. The van der Waals surface area contributed by atoms with Crippen LogP contribution in [0.25, 0.3) is 10.9 Å². The Bertz CT molecular complexity index is 1010. The number of amides is 1. The molecule has 0 atom stereocenters. The first kappa shape index (κ1) is 17.6. The maximum Gasteiger partial charge on any atom is 0.255 e. The van der Waals surface area contributed by atoms with Crippen LogP contribution in [0.4, 0.5) is 5.69 Å². The first-order valence-electron chi connectivity index (χ1n) is 8.92. The fourth-order valence-electron chi connectivity index (χ4n) is 3.51. The summed E-state index contributed by atoms with van der Waals surface area (Å²) in [6.07, 6.45) is 0. The minimum absolute atomic E-state index is 0.0150. The molecule has 6 heteroatoms. The van der Waals surface area contributed by atoms with Gasteiger partial charge in [0.15, 0.2) is 0 Å². The van der Waals surface area contributed by atoms with Crippen LogP contribution >= 0.6 is 11.6 Å². The summed E-state index contributed by atoms with van der Waals surface area (Å²) >= 11 is 6.08. The van der Waals surface area contributed by atoms with Crippen LogP contribution in [0.3, 0.4) is 0 Å². The van der Waals surface area contributed by atoms with Crippen LogP contribution in [0, 0.1) is 6.92 Å². The molecule has 2 aromatic carbocycles. The van der Waals surface area contributed by atoms with Gasteiger partial charge in [-0.05, 0) is 43.3 Å². The molecule has 1 saturated heterocycles. The van der Waals surface area contributed by atoms with Crippen molar-refractivity contribution in [3.63, 3.8) is 0 Å². The minimum atomic E-state index is -0.0150. The Balaban J connectivity index is 1.53. The zero-order valence-electron chi connectivity index (χ0n) is 15.0. The summed E-state index contributed by atoms with van der Waals surface area (Å²) < 4.78 is 0.